The Morgan fingerprint density at radius 3 is 2.70 bits per heavy atom. The van der Waals surface area contributed by atoms with Crippen LogP contribution in [0.5, 0.6) is 0 Å². The van der Waals surface area contributed by atoms with E-state index in [-0.39, 0.29) is 23.2 Å². The molecule has 0 unspecified atom stereocenters. The fraction of sp³-hybridized carbons (Fsp3) is 0.462. The summed E-state index contributed by atoms with van der Waals surface area (Å²) in [6.07, 6.45) is 2.06. The molecule has 1 aliphatic rings. The topological polar surface area (TPSA) is 66.5 Å². The molecule has 0 radical (unpaired) electrons. The predicted molar refractivity (Wildman–Crippen MR) is 80.2 cm³/mol. The van der Waals surface area contributed by atoms with Crippen molar-refractivity contribution in [2.45, 2.75) is 11.3 Å². The summed E-state index contributed by atoms with van der Waals surface area (Å²) in [7, 11) is -3.28. The van der Waals surface area contributed by atoms with Gasteiger partial charge in [-0.1, -0.05) is 6.07 Å². The van der Waals surface area contributed by atoms with Crippen molar-refractivity contribution in [3.63, 3.8) is 0 Å². The highest BCUT2D eigenvalue weighted by atomic mass is 35.5. The van der Waals surface area contributed by atoms with E-state index >= 15 is 0 Å². The summed E-state index contributed by atoms with van der Waals surface area (Å²) < 4.78 is 23.0. The van der Waals surface area contributed by atoms with Crippen LogP contribution in [0, 0.1) is 0 Å². The monoisotopic (exact) mass is 318 g/mol. The zero-order valence-corrected chi connectivity index (χ0v) is 13.0. The molecule has 112 valence electrons. The van der Waals surface area contributed by atoms with E-state index in [0.29, 0.717) is 18.7 Å². The third-order valence-corrected chi connectivity index (χ3v) is 4.25. The summed E-state index contributed by atoms with van der Waals surface area (Å²) in [5.74, 6) is -0.103. The molecule has 5 nitrogen and oxygen atoms in total. The van der Waals surface area contributed by atoms with Crippen LogP contribution < -0.4 is 5.32 Å². The summed E-state index contributed by atoms with van der Waals surface area (Å²) in [4.78, 5) is 14.3. The van der Waals surface area contributed by atoms with Crippen molar-refractivity contribution in [1.82, 2.24) is 10.2 Å². The quantitative estimate of drug-likeness (QED) is 0.881. The Labute approximate surface area is 125 Å². The number of nitrogens with one attached hydrogen (secondary N) is 1. The number of hydrogen-bond donors (Lipinski definition) is 1. The molecule has 0 saturated carbocycles. The van der Waals surface area contributed by atoms with Gasteiger partial charge in [0.1, 0.15) is 0 Å². The van der Waals surface area contributed by atoms with E-state index in [1.54, 1.807) is 17.0 Å². The Morgan fingerprint density at radius 2 is 2.00 bits per heavy atom. The van der Waals surface area contributed by atoms with Crippen LogP contribution in [0.25, 0.3) is 0 Å². The predicted octanol–water partition coefficient (Wildman–Crippen LogP) is 0.947. The van der Waals surface area contributed by atoms with Gasteiger partial charge in [-0.25, -0.2) is 8.42 Å². The molecule has 2 rings (SSSR count). The summed E-state index contributed by atoms with van der Waals surface area (Å²) in [5.41, 5.74) is 0.435. The van der Waals surface area contributed by atoms with Gasteiger partial charge >= 0.3 is 0 Å². The minimum Gasteiger partial charge on any atom is -0.337 e. The van der Waals surface area contributed by atoms with Crippen LogP contribution in [0.4, 0.5) is 0 Å². The maximum atomic E-state index is 12.3. The largest absolute Gasteiger partial charge is 0.337 e. The Bertz CT molecular complexity index is 567. The van der Waals surface area contributed by atoms with E-state index in [9.17, 15) is 13.2 Å². The van der Waals surface area contributed by atoms with Gasteiger partial charge in [0.2, 0.25) is 0 Å². The van der Waals surface area contributed by atoms with Gasteiger partial charge in [-0.2, -0.15) is 0 Å². The molecule has 0 aromatic heterocycles. The highest BCUT2D eigenvalue weighted by molar-refractivity contribution is 7.90. The first-order valence-electron chi connectivity index (χ1n) is 6.28. The number of nitrogens with zero attached hydrogens (tertiary/aromatic N) is 1. The molecule has 0 atom stereocenters. The van der Waals surface area contributed by atoms with E-state index in [0.717, 1.165) is 25.8 Å². The van der Waals surface area contributed by atoms with Crippen molar-refractivity contribution >= 4 is 28.2 Å². The first-order valence-corrected chi connectivity index (χ1v) is 8.18. The smallest absolute Gasteiger partial charge is 0.253 e. The second-order valence-corrected chi connectivity index (χ2v) is 6.71. The molecule has 1 heterocycles. The molecule has 1 amide bonds. The molecule has 1 aromatic carbocycles. The lowest BCUT2D eigenvalue weighted by atomic mass is 10.2. The number of amides is 1. The van der Waals surface area contributed by atoms with E-state index < -0.39 is 9.84 Å². The highest BCUT2D eigenvalue weighted by Crippen LogP contribution is 2.13. The zero-order valence-electron chi connectivity index (χ0n) is 11.3. The lowest BCUT2D eigenvalue weighted by Crippen LogP contribution is -2.34. The lowest BCUT2D eigenvalue weighted by Gasteiger charge is -2.20. The Morgan fingerprint density at radius 1 is 1.25 bits per heavy atom. The van der Waals surface area contributed by atoms with Crippen molar-refractivity contribution in [2.24, 2.45) is 0 Å². The van der Waals surface area contributed by atoms with Crippen molar-refractivity contribution < 1.29 is 13.2 Å². The standard InChI is InChI=1S/C13H18N2O3S.ClH/c1-19(17,18)12-5-2-4-11(10-12)13(16)15-8-3-6-14-7-9-15;/h2,4-5,10,14H,3,6-9H2,1H3;1H. The number of benzene rings is 1. The van der Waals surface area contributed by atoms with Gasteiger partial charge in [-0.3, -0.25) is 4.79 Å². The molecule has 7 heteroatoms. The van der Waals surface area contributed by atoms with Crippen LogP contribution in [0.15, 0.2) is 29.2 Å². The van der Waals surface area contributed by atoms with Crippen LogP contribution in [0.2, 0.25) is 0 Å². The molecule has 20 heavy (non-hydrogen) atoms. The molecule has 1 aromatic rings. The maximum Gasteiger partial charge on any atom is 0.253 e. The van der Waals surface area contributed by atoms with Gasteiger partial charge < -0.3 is 10.2 Å². The van der Waals surface area contributed by atoms with Crippen molar-refractivity contribution in [3.05, 3.63) is 29.8 Å². The lowest BCUT2D eigenvalue weighted by molar-refractivity contribution is 0.0766. The number of rotatable bonds is 2. The van der Waals surface area contributed by atoms with Crippen LogP contribution >= 0.6 is 12.4 Å². The van der Waals surface area contributed by atoms with Gasteiger partial charge in [-0.15, -0.1) is 12.4 Å². The summed E-state index contributed by atoms with van der Waals surface area (Å²) >= 11 is 0. The van der Waals surface area contributed by atoms with Gasteiger partial charge in [0.25, 0.3) is 5.91 Å². The molecule has 1 saturated heterocycles. The first kappa shape index (κ1) is 16.9. The average Bonchev–Trinajstić information content (AvgIpc) is 2.66. The van der Waals surface area contributed by atoms with Gasteiger partial charge in [0, 0.05) is 31.5 Å². The number of carbonyl (C=O) groups excluding carboxylic acids is 1. The van der Waals surface area contributed by atoms with E-state index in [4.69, 9.17) is 0 Å². The second kappa shape index (κ2) is 7.06. The van der Waals surface area contributed by atoms with E-state index in [1.165, 1.54) is 12.1 Å². The van der Waals surface area contributed by atoms with Crippen molar-refractivity contribution in [3.8, 4) is 0 Å². The Hall–Kier alpha value is -1.11. The van der Waals surface area contributed by atoms with E-state index in [2.05, 4.69) is 5.32 Å². The summed E-state index contributed by atoms with van der Waals surface area (Å²) in [6.45, 7) is 3.04. The summed E-state index contributed by atoms with van der Waals surface area (Å²) in [5, 5.41) is 3.23. The molecular formula is C13H19ClN2O3S. The first-order chi connectivity index (χ1) is 8.98. The Kier molecular flexibility index (Phi) is 5.98. The number of carbonyl (C=O) groups is 1. The molecule has 1 aliphatic heterocycles. The van der Waals surface area contributed by atoms with Crippen LogP contribution in [-0.2, 0) is 9.84 Å². The fourth-order valence-corrected chi connectivity index (χ4v) is 2.76. The summed E-state index contributed by atoms with van der Waals surface area (Å²) in [6, 6.07) is 6.24. The van der Waals surface area contributed by atoms with Crippen LogP contribution in [0.3, 0.4) is 0 Å². The fourth-order valence-electron chi connectivity index (χ4n) is 2.09. The van der Waals surface area contributed by atoms with Crippen molar-refractivity contribution in [2.75, 3.05) is 32.4 Å². The molecule has 0 spiro atoms. The molecule has 1 N–H and O–H groups in total. The second-order valence-electron chi connectivity index (χ2n) is 4.70. The van der Waals surface area contributed by atoms with Gasteiger partial charge in [0.15, 0.2) is 9.84 Å². The van der Waals surface area contributed by atoms with Gasteiger partial charge in [0.05, 0.1) is 4.90 Å². The third-order valence-electron chi connectivity index (χ3n) is 3.14. The zero-order chi connectivity index (χ0) is 13.9. The van der Waals surface area contributed by atoms with Gasteiger partial charge in [-0.05, 0) is 31.2 Å². The Balaban J connectivity index is 0.00000200. The minimum absolute atomic E-state index is 0. The molecule has 0 aliphatic carbocycles. The molecule has 0 bridgehead atoms. The maximum absolute atomic E-state index is 12.3. The number of hydrogen-bond acceptors (Lipinski definition) is 4. The number of sulfone groups is 1. The highest BCUT2D eigenvalue weighted by Gasteiger charge is 2.18. The van der Waals surface area contributed by atoms with Crippen LogP contribution in [-0.4, -0.2) is 51.7 Å². The SMILES string of the molecule is CS(=O)(=O)c1cccc(C(=O)N2CCCNCC2)c1.Cl. The normalized spacial score (nSPS) is 16.1. The van der Waals surface area contributed by atoms with Crippen LogP contribution in [0.1, 0.15) is 16.8 Å². The van der Waals surface area contributed by atoms with E-state index in [1.807, 2.05) is 0 Å². The van der Waals surface area contributed by atoms with Crippen molar-refractivity contribution in [1.29, 1.82) is 0 Å². The molecular weight excluding hydrogens is 300 g/mol. The third kappa shape index (κ3) is 4.19. The average molecular weight is 319 g/mol. The molecule has 1 fully saturated rings. The number of halogens is 1. The minimum atomic E-state index is -3.28.